The number of rotatable bonds is 4. The summed E-state index contributed by atoms with van der Waals surface area (Å²) in [6.07, 6.45) is 2.04. The Bertz CT molecular complexity index is 580. The first kappa shape index (κ1) is 13.7. The summed E-state index contributed by atoms with van der Waals surface area (Å²) in [6, 6.07) is 15.7. The van der Waals surface area contributed by atoms with E-state index >= 15 is 0 Å². The number of hydrogen-bond donors (Lipinski definition) is 1. The molecule has 0 aromatic heterocycles. The lowest BCUT2D eigenvalue weighted by Gasteiger charge is -2.09. The number of carbonyl (C=O) groups is 1. The van der Waals surface area contributed by atoms with Gasteiger partial charge in [0.05, 0.1) is 0 Å². The van der Waals surface area contributed by atoms with Crippen LogP contribution in [0.2, 0.25) is 0 Å². The SMILES string of the molecule is CSc1ccccc1CNC(=O)c1cccc(C)c1. The van der Waals surface area contributed by atoms with E-state index in [0.29, 0.717) is 12.1 Å². The van der Waals surface area contributed by atoms with Gasteiger partial charge in [-0.3, -0.25) is 4.79 Å². The van der Waals surface area contributed by atoms with Gasteiger partial charge in [0, 0.05) is 17.0 Å². The molecule has 0 saturated carbocycles. The molecule has 2 aromatic carbocycles. The van der Waals surface area contributed by atoms with Gasteiger partial charge in [-0.15, -0.1) is 11.8 Å². The largest absolute Gasteiger partial charge is 0.348 e. The zero-order chi connectivity index (χ0) is 13.7. The normalized spacial score (nSPS) is 10.2. The van der Waals surface area contributed by atoms with Gasteiger partial charge in [0.15, 0.2) is 0 Å². The highest BCUT2D eigenvalue weighted by atomic mass is 32.2. The summed E-state index contributed by atoms with van der Waals surface area (Å²) in [7, 11) is 0. The number of thioether (sulfide) groups is 1. The summed E-state index contributed by atoms with van der Waals surface area (Å²) < 4.78 is 0. The molecule has 0 aliphatic rings. The van der Waals surface area contributed by atoms with E-state index < -0.39 is 0 Å². The zero-order valence-electron chi connectivity index (χ0n) is 11.1. The minimum Gasteiger partial charge on any atom is -0.348 e. The molecule has 0 spiro atoms. The predicted octanol–water partition coefficient (Wildman–Crippen LogP) is 3.65. The molecule has 0 heterocycles. The molecular weight excluding hydrogens is 254 g/mol. The van der Waals surface area contributed by atoms with Gasteiger partial charge in [-0.25, -0.2) is 0 Å². The van der Waals surface area contributed by atoms with Crippen LogP contribution in [0.5, 0.6) is 0 Å². The molecule has 0 saturated heterocycles. The molecule has 2 aromatic rings. The van der Waals surface area contributed by atoms with Crippen molar-refractivity contribution >= 4 is 17.7 Å². The number of benzene rings is 2. The van der Waals surface area contributed by atoms with Crippen molar-refractivity contribution in [3.05, 3.63) is 65.2 Å². The fourth-order valence-corrected chi connectivity index (χ4v) is 2.53. The van der Waals surface area contributed by atoms with Crippen LogP contribution in [0.3, 0.4) is 0 Å². The zero-order valence-corrected chi connectivity index (χ0v) is 12.0. The summed E-state index contributed by atoms with van der Waals surface area (Å²) in [5.41, 5.74) is 2.95. The molecular formula is C16H17NOS. The van der Waals surface area contributed by atoms with Gasteiger partial charge < -0.3 is 5.32 Å². The van der Waals surface area contributed by atoms with Gasteiger partial charge in [0.2, 0.25) is 0 Å². The van der Waals surface area contributed by atoms with E-state index in [0.717, 1.165) is 11.1 Å². The minimum absolute atomic E-state index is 0.0281. The molecule has 0 fully saturated rings. The van der Waals surface area contributed by atoms with Crippen LogP contribution in [-0.2, 0) is 6.54 Å². The highest BCUT2D eigenvalue weighted by molar-refractivity contribution is 7.98. The second-order valence-electron chi connectivity index (χ2n) is 4.36. The highest BCUT2D eigenvalue weighted by Gasteiger charge is 2.06. The highest BCUT2D eigenvalue weighted by Crippen LogP contribution is 2.19. The van der Waals surface area contributed by atoms with Gasteiger partial charge in [0.25, 0.3) is 5.91 Å². The van der Waals surface area contributed by atoms with Gasteiger partial charge in [0.1, 0.15) is 0 Å². The summed E-state index contributed by atoms with van der Waals surface area (Å²) in [4.78, 5) is 13.3. The Morgan fingerprint density at radius 2 is 1.95 bits per heavy atom. The minimum atomic E-state index is -0.0281. The first-order valence-corrected chi connectivity index (χ1v) is 7.40. The van der Waals surface area contributed by atoms with Gasteiger partial charge in [-0.1, -0.05) is 35.9 Å². The van der Waals surface area contributed by atoms with Crippen LogP contribution in [0.1, 0.15) is 21.5 Å². The number of carbonyl (C=O) groups excluding carboxylic acids is 1. The smallest absolute Gasteiger partial charge is 0.251 e. The van der Waals surface area contributed by atoms with Crippen molar-refractivity contribution in [3.8, 4) is 0 Å². The first-order valence-electron chi connectivity index (χ1n) is 6.17. The maximum Gasteiger partial charge on any atom is 0.251 e. The molecule has 0 radical (unpaired) electrons. The number of hydrogen-bond acceptors (Lipinski definition) is 2. The Morgan fingerprint density at radius 1 is 1.16 bits per heavy atom. The quantitative estimate of drug-likeness (QED) is 0.860. The Labute approximate surface area is 118 Å². The maximum atomic E-state index is 12.1. The van der Waals surface area contributed by atoms with Crippen LogP contribution in [-0.4, -0.2) is 12.2 Å². The molecule has 0 atom stereocenters. The van der Waals surface area contributed by atoms with E-state index in [-0.39, 0.29) is 5.91 Å². The van der Waals surface area contributed by atoms with Crippen molar-refractivity contribution in [2.75, 3.05) is 6.26 Å². The third-order valence-electron chi connectivity index (χ3n) is 2.91. The van der Waals surface area contributed by atoms with Crippen molar-refractivity contribution < 1.29 is 4.79 Å². The summed E-state index contributed by atoms with van der Waals surface area (Å²) in [5, 5.41) is 2.96. The Hall–Kier alpha value is -1.74. The molecule has 2 nitrogen and oxygen atoms in total. The second kappa shape index (κ2) is 6.43. The van der Waals surface area contributed by atoms with Crippen molar-refractivity contribution in [3.63, 3.8) is 0 Å². The molecule has 0 aliphatic carbocycles. The second-order valence-corrected chi connectivity index (χ2v) is 5.21. The van der Waals surface area contributed by atoms with E-state index in [4.69, 9.17) is 0 Å². The van der Waals surface area contributed by atoms with E-state index in [1.807, 2.05) is 55.6 Å². The maximum absolute atomic E-state index is 12.1. The molecule has 0 unspecified atom stereocenters. The van der Waals surface area contributed by atoms with Gasteiger partial charge >= 0.3 is 0 Å². The van der Waals surface area contributed by atoms with E-state index in [2.05, 4.69) is 11.4 Å². The molecule has 0 bridgehead atoms. The first-order chi connectivity index (χ1) is 9.20. The van der Waals surface area contributed by atoms with Crippen molar-refractivity contribution in [1.29, 1.82) is 0 Å². The van der Waals surface area contributed by atoms with E-state index in [1.54, 1.807) is 11.8 Å². The standard InChI is InChI=1S/C16H17NOS/c1-12-6-5-8-13(10-12)16(18)17-11-14-7-3-4-9-15(14)19-2/h3-10H,11H2,1-2H3,(H,17,18). The van der Waals surface area contributed by atoms with Gasteiger partial charge in [-0.05, 0) is 36.9 Å². The Morgan fingerprint density at radius 3 is 2.68 bits per heavy atom. The monoisotopic (exact) mass is 271 g/mol. The Balaban J connectivity index is 2.04. The molecule has 0 aliphatic heterocycles. The van der Waals surface area contributed by atoms with Crippen LogP contribution in [0.25, 0.3) is 0 Å². The third kappa shape index (κ3) is 3.61. The number of aryl methyl sites for hydroxylation is 1. The number of nitrogens with one attached hydrogen (secondary N) is 1. The van der Waals surface area contributed by atoms with Crippen molar-refractivity contribution in [1.82, 2.24) is 5.32 Å². The summed E-state index contributed by atoms with van der Waals surface area (Å²) in [6.45, 7) is 2.55. The lowest BCUT2D eigenvalue weighted by molar-refractivity contribution is 0.0950. The molecule has 3 heteroatoms. The van der Waals surface area contributed by atoms with Crippen LogP contribution in [0, 0.1) is 6.92 Å². The third-order valence-corrected chi connectivity index (χ3v) is 3.75. The van der Waals surface area contributed by atoms with Crippen molar-refractivity contribution in [2.24, 2.45) is 0 Å². The Kier molecular flexibility index (Phi) is 4.63. The molecule has 19 heavy (non-hydrogen) atoms. The fraction of sp³-hybridized carbons (Fsp3) is 0.188. The fourth-order valence-electron chi connectivity index (χ4n) is 1.91. The lowest BCUT2D eigenvalue weighted by atomic mass is 10.1. The topological polar surface area (TPSA) is 29.1 Å². The van der Waals surface area contributed by atoms with Crippen LogP contribution in [0.15, 0.2) is 53.4 Å². The number of amides is 1. The average molecular weight is 271 g/mol. The van der Waals surface area contributed by atoms with Gasteiger partial charge in [-0.2, -0.15) is 0 Å². The lowest BCUT2D eigenvalue weighted by Crippen LogP contribution is -2.23. The van der Waals surface area contributed by atoms with Crippen LogP contribution in [0.4, 0.5) is 0 Å². The van der Waals surface area contributed by atoms with Crippen molar-refractivity contribution in [2.45, 2.75) is 18.4 Å². The van der Waals surface area contributed by atoms with Crippen LogP contribution < -0.4 is 5.32 Å². The van der Waals surface area contributed by atoms with E-state index in [9.17, 15) is 4.79 Å². The van der Waals surface area contributed by atoms with Crippen LogP contribution >= 0.6 is 11.8 Å². The molecule has 1 amide bonds. The summed E-state index contributed by atoms with van der Waals surface area (Å²) in [5.74, 6) is -0.0281. The molecule has 2 rings (SSSR count). The average Bonchev–Trinajstić information content (AvgIpc) is 2.45. The molecule has 98 valence electrons. The summed E-state index contributed by atoms with van der Waals surface area (Å²) >= 11 is 1.69. The predicted molar refractivity (Wildman–Crippen MR) is 80.6 cm³/mol. The van der Waals surface area contributed by atoms with E-state index in [1.165, 1.54) is 4.90 Å². The molecule has 1 N–H and O–H groups in total.